The molecule has 1 heterocycles. The standard InChI is InChI=1S/C9H18N2O2/c1-6-5-8(7(2)13-6)11-9(12)3-4-10/h6-8H,3-5,10H2,1-2H3,(H,11,12). The molecule has 3 unspecified atom stereocenters. The van der Waals surface area contributed by atoms with E-state index in [0.717, 1.165) is 6.42 Å². The maximum atomic E-state index is 11.2. The number of carbonyl (C=O) groups excluding carboxylic acids is 1. The predicted octanol–water partition coefficient (Wildman–Crippen LogP) is 0.0173. The zero-order valence-electron chi connectivity index (χ0n) is 8.25. The molecule has 0 bridgehead atoms. The van der Waals surface area contributed by atoms with Crippen molar-refractivity contribution >= 4 is 5.91 Å². The Morgan fingerprint density at radius 3 is 2.77 bits per heavy atom. The van der Waals surface area contributed by atoms with Gasteiger partial charge in [-0.05, 0) is 20.3 Å². The molecule has 13 heavy (non-hydrogen) atoms. The molecule has 1 rings (SSSR count). The Labute approximate surface area is 78.8 Å². The maximum absolute atomic E-state index is 11.2. The van der Waals surface area contributed by atoms with Crippen molar-refractivity contribution in [2.75, 3.05) is 6.54 Å². The molecule has 1 aliphatic rings. The van der Waals surface area contributed by atoms with Crippen molar-refractivity contribution < 1.29 is 9.53 Å². The van der Waals surface area contributed by atoms with Gasteiger partial charge in [-0.15, -0.1) is 0 Å². The van der Waals surface area contributed by atoms with Crippen LogP contribution in [0.2, 0.25) is 0 Å². The van der Waals surface area contributed by atoms with E-state index in [1.54, 1.807) is 0 Å². The Bertz CT molecular complexity index is 184. The predicted molar refractivity (Wildman–Crippen MR) is 50.2 cm³/mol. The van der Waals surface area contributed by atoms with Crippen LogP contribution in [-0.4, -0.2) is 30.7 Å². The Hall–Kier alpha value is -0.610. The lowest BCUT2D eigenvalue weighted by molar-refractivity contribution is -0.121. The number of ether oxygens (including phenoxy) is 1. The van der Waals surface area contributed by atoms with Crippen LogP contribution in [0.1, 0.15) is 26.7 Å². The molecule has 0 aromatic carbocycles. The van der Waals surface area contributed by atoms with Gasteiger partial charge in [0, 0.05) is 13.0 Å². The maximum Gasteiger partial charge on any atom is 0.221 e. The summed E-state index contributed by atoms with van der Waals surface area (Å²) in [4.78, 5) is 11.2. The second-order valence-corrected chi connectivity index (χ2v) is 3.60. The molecular weight excluding hydrogens is 168 g/mol. The SMILES string of the molecule is CC1CC(NC(=O)CCN)C(C)O1. The normalized spacial score (nSPS) is 33.3. The van der Waals surface area contributed by atoms with E-state index in [-0.39, 0.29) is 24.2 Å². The van der Waals surface area contributed by atoms with Gasteiger partial charge in [0.05, 0.1) is 18.2 Å². The van der Waals surface area contributed by atoms with Gasteiger partial charge in [-0.2, -0.15) is 0 Å². The largest absolute Gasteiger partial charge is 0.373 e. The highest BCUT2D eigenvalue weighted by Gasteiger charge is 2.30. The minimum Gasteiger partial charge on any atom is -0.373 e. The topological polar surface area (TPSA) is 64.4 Å². The van der Waals surface area contributed by atoms with E-state index in [1.165, 1.54) is 0 Å². The van der Waals surface area contributed by atoms with Crippen LogP contribution in [0.3, 0.4) is 0 Å². The Morgan fingerprint density at radius 1 is 1.62 bits per heavy atom. The van der Waals surface area contributed by atoms with Crippen LogP contribution < -0.4 is 11.1 Å². The molecule has 0 spiro atoms. The summed E-state index contributed by atoms with van der Waals surface area (Å²) in [7, 11) is 0. The fraction of sp³-hybridized carbons (Fsp3) is 0.889. The molecule has 1 saturated heterocycles. The molecule has 3 N–H and O–H groups in total. The number of amides is 1. The van der Waals surface area contributed by atoms with Gasteiger partial charge in [0.25, 0.3) is 0 Å². The van der Waals surface area contributed by atoms with E-state index >= 15 is 0 Å². The first-order valence-electron chi connectivity index (χ1n) is 4.78. The van der Waals surface area contributed by atoms with Gasteiger partial charge < -0.3 is 15.8 Å². The van der Waals surface area contributed by atoms with Crippen LogP contribution in [0, 0.1) is 0 Å². The van der Waals surface area contributed by atoms with E-state index in [9.17, 15) is 4.79 Å². The van der Waals surface area contributed by atoms with Gasteiger partial charge in [0.15, 0.2) is 0 Å². The van der Waals surface area contributed by atoms with Crippen LogP contribution in [-0.2, 0) is 9.53 Å². The molecule has 76 valence electrons. The number of hydrogen-bond donors (Lipinski definition) is 2. The van der Waals surface area contributed by atoms with Crippen molar-refractivity contribution in [2.24, 2.45) is 5.73 Å². The first kappa shape index (κ1) is 10.5. The molecule has 1 fully saturated rings. The highest BCUT2D eigenvalue weighted by molar-refractivity contribution is 5.76. The number of carbonyl (C=O) groups is 1. The molecule has 4 heteroatoms. The molecular formula is C9H18N2O2. The Balaban J connectivity index is 2.32. The van der Waals surface area contributed by atoms with E-state index in [1.807, 2.05) is 13.8 Å². The minimum absolute atomic E-state index is 0.0250. The molecule has 3 atom stereocenters. The third-order valence-corrected chi connectivity index (χ3v) is 2.32. The molecule has 0 aliphatic carbocycles. The highest BCUT2D eigenvalue weighted by Crippen LogP contribution is 2.19. The molecule has 0 aromatic heterocycles. The van der Waals surface area contributed by atoms with E-state index < -0.39 is 0 Å². The lowest BCUT2D eigenvalue weighted by atomic mass is 10.1. The van der Waals surface area contributed by atoms with Crippen LogP contribution in [0.4, 0.5) is 0 Å². The van der Waals surface area contributed by atoms with Crippen LogP contribution in [0.25, 0.3) is 0 Å². The number of nitrogens with two attached hydrogens (primary N) is 1. The van der Waals surface area contributed by atoms with E-state index in [2.05, 4.69) is 5.32 Å². The summed E-state index contributed by atoms with van der Waals surface area (Å²) < 4.78 is 5.51. The van der Waals surface area contributed by atoms with Crippen molar-refractivity contribution in [2.45, 2.75) is 44.9 Å². The van der Waals surface area contributed by atoms with Gasteiger partial charge in [0.1, 0.15) is 0 Å². The van der Waals surface area contributed by atoms with Gasteiger partial charge in [-0.1, -0.05) is 0 Å². The molecule has 1 aliphatic heterocycles. The summed E-state index contributed by atoms with van der Waals surface area (Å²) >= 11 is 0. The van der Waals surface area contributed by atoms with Crippen LogP contribution in [0.15, 0.2) is 0 Å². The summed E-state index contributed by atoms with van der Waals surface area (Å²) in [5.74, 6) is 0.0250. The zero-order valence-corrected chi connectivity index (χ0v) is 8.25. The molecule has 0 radical (unpaired) electrons. The van der Waals surface area contributed by atoms with Gasteiger partial charge in [-0.3, -0.25) is 4.79 Å². The zero-order chi connectivity index (χ0) is 9.84. The van der Waals surface area contributed by atoms with Crippen molar-refractivity contribution in [1.82, 2.24) is 5.32 Å². The van der Waals surface area contributed by atoms with E-state index in [4.69, 9.17) is 10.5 Å². The summed E-state index contributed by atoms with van der Waals surface area (Å²) in [6.07, 6.45) is 1.67. The van der Waals surface area contributed by atoms with Crippen LogP contribution >= 0.6 is 0 Å². The summed E-state index contributed by atoms with van der Waals surface area (Å²) in [6, 6.07) is 0.161. The fourth-order valence-electron chi connectivity index (χ4n) is 1.65. The number of rotatable bonds is 3. The molecule has 0 aromatic rings. The Morgan fingerprint density at radius 2 is 2.31 bits per heavy atom. The average molecular weight is 186 g/mol. The average Bonchev–Trinajstić information content (AvgIpc) is 2.30. The molecule has 0 saturated carbocycles. The quantitative estimate of drug-likeness (QED) is 0.653. The van der Waals surface area contributed by atoms with Crippen molar-refractivity contribution in [1.29, 1.82) is 0 Å². The van der Waals surface area contributed by atoms with Gasteiger partial charge in [-0.25, -0.2) is 0 Å². The lowest BCUT2D eigenvalue weighted by Gasteiger charge is -2.15. The summed E-state index contributed by atoms with van der Waals surface area (Å²) in [5.41, 5.74) is 5.27. The number of nitrogens with one attached hydrogen (secondary N) is 1. The number of hydrogen-bond acceptors (Lipinski definition) is 3. The monoisotopic (exact) mass is 186 g/mol. The van der Waals surface area contributed by atoms with Crippen molar-refractivity contribution in [3.8, 4) is 0 Å². The smallest absolute Gasteiger partial charge is 0.221 e. The first-order valence-corrected chi connectivity index (χ1v) is 4.78. The minimum atomic E-state index is 0.0250. The lowest BCUT2D eigenvalue weighted by Crippen LogP contribution is -2.39. The van der Waals surface area contributed by atoms with Gasteiger partial charge >= 0.3 is 0 Å². The Kier molecular flexibility index (Phi) is 3.69. The second-order valence-electron chi connectivity index (χ2n) is 3.60. The summed E-state index contributed by atoms with van der Waals surface area (Å²) in [5, 5.41) is 2.92. The van der Waals surface area contributed by atoms with Crippen molar-refractivity contribution in [3.05, 3.63) is 0 Å². The van der Waals surface area contributed by atoms with E-state index in [0.29, 0.717) is 13.0 Å². The first-order chi connectivity index (χ1) is 6.13. The fourth-order valence-corrected chi connectivity index (χ4v) is 1.65. The second kappa shape index (κ2) is 4.58. The van der Waals surface area contributed by atoms with Crippen molar-refractivity contribution in [3.63, 3.8) is 0 Å². The summed E-state index contributed by atoms with van der Waals surface area (Å²) in [6.45, 7) is 4.41. The van der Waals surface area contributed by atoms with Crippen LogP contribution in [0.5, 0.6) is 0 Å². The third-order valence-electron chi connectivity index (χ3n) is 2.32. The molecule has 4 nitrogen and oxygen atoms in total. The van der Waals surface area contributed by atoms with Gasteiger partial charge in [0.2, 0.25) is 5.91 Å². The highest BCUT2D eigenvalue weighted by atomic mass is 16.5. The third kappa shape index (κ3) is 2.97. The molecule has 1 amide bonds.